The molecule has 2 heterocycles. The average molecular weight is 476 g/mol. The van der Waals surface area contributed by atoms with E-state index in [1.54, 1.807) is 55.7 Å². The fourth-order valence-corrected chi connectivity index (χ4v) is 4.39. The van der Waals surface area contributed by atoms with Gasteiger partial charge in [-0.05, 0) is 60.5 Å². The standard InChI is InChI=1S/C26H25N3O4S/c1-3-17-7-13-20(14-8-17)29-25(31)23(24(26(29)32)34-16-21-6-5-15-33-21)28-19-11-9-18(10-12-19)27-22(30)4-2/h5-15,28H,3-4,16H2,1-2H3,(H,27,30). The molecule has 3 amide bonds. The van der Waals surface area contributed by atoms with E-state index in [1.165, 1.54) is 16.7 Å². The van der Waals surface area contributed by atoms with Crippen molar-refractivity contribution in [3.05, 3.63) is 88.9 Å². The van der Waals surface area contributed by atoms with Crippen LogP contribution in [0.25, 0.3) is 0 Å². The lowest BCUT2D eigenvalue weighted by Crippen LogP contribution is -2.32. The highest BCUT2D eigenvalue weighted by Crippen LogP contribution is 2.36. The number of rotatable bonds is 9. The van der Waals surface area contributed by atoms with Crippen LogP contribution in [0.3, 0.4) is 0 Å². The van der Waals surface area contributed by atoms with Crippen LogP contribution in [0.2, 0.25) is 0 Å². The van der Waals surface area contributed by atoms with Crippen molar-refractivity contribution in [1.29, 1.82) is 0 Å². The molecule has 174 valence electrons. The van der Waals surface area contributed by atoms with Gasteiger partial charge in [0.25, 0.3) is 11.8 Å². The first kappa shape index (κ1) is 23.4. The summed E-state index contributed by atoms with van der Waals surface area (Å²) in [5.74, 6) is 0.247. The van der Waals surface area contributed by atoms with Crippen molar-refractivity contribution < 1.29 is 18.8 Å². The van der Waals surface area contributed by atoms with Gasteiger partial charge in [-0.2, -0.15) is 0 Å². The summed E-state index contributed by atoms with van der Waals surface area (Å²) in [6.07, 6.45) is 2.83. The molecule has 0 radical (unpaired) electrons. The number of anilines is 3. The van der Waals surface area contributed by atoms with Crippen molar-refractivity contribution in [1.82, 2.24) is 0 Å². The van der Waals surface area contributed by atoms with Gasteiger partial charge in [0.05, 0.1) is 17.7 Å². The van der Waals surface area contributed by atoms with Crippen LogP contribution in [0.1, 0.15) is 31.6 Å². The molecule has 0 fully saturated rings. The molecule has 0 unspecified atom stereocenters. The van der Waals surface area contributed by atoms with Crippen molar-refractivity contribution in [2.45, 2.75) is 32.4 Å². The lowest BCUT2D eigenvalue weighted by Gasteiger charge is -2.16. The van der Waals surface area contributed by atoms with E-state index in [9.17, 15) is 14.4 Å². The van der Waals surface area contributed by atoms with E-state index >= 15 is 0 Å². The summed E-state index contributed by atoms with van der Waals surface area (Å²) in [5, 5.41) is 5.91. The quantitative estimate of drug-likeness (QED) is 0.407. The molecule has 2 N–H and O–H groups in total. The SMILES string of the molecule is CCC(=O)Nc1ccc(NC2=C(SCc3ccco3)C(=O)N(c3ccc(CC)cc3)C2=O)cc1. The number of carbonyl (C=O) groups excluding carboxylic acids is 3. The minimum Gasteiger partial charge on any atom is -0.468 e. The molecule has 4 rings (SSSR count). The number of benzene rings is 2. The third-order valence-corrected chi connectivity index (χ3v) is 6.44. The van der Waals surface area contributed by atoms with Crippen molar-refractivity contribution in [2.24, 2.45) is 0 Å². The van der Waals surface area contributed by atoms with Crippen molar-refractivity contribution in [3.63, 3.8) is 0 Å². The fourth-order valence-electron chi connectivity index (χ4n) is 3.44. The zero-order valence-corrected chi connectivity index (χ0v) is 19.8. The Labute approximate surface area is 202 Å². The maximum atomic E-state index is 13.4. The highest BCUT2D eigenvalue weighted by molar-refractivity contribution is 8.03. The van der Waals surface area contributed by atoms with Crippen molar-refractivity contribution >= 4 is 46.5 Å². The van der Waals surface area contributed by atoms with Gasteiger partial charge in [-0.15, -0.1) is 11.8 Å². The molecule has 1 aliphatic rings. The summed E-state index contributed by atoms with van der Waals surface area (Å²) in [6, 6.07) is 18.0. The smallest absolute Gasteiger partial charge is 0.283 e. The summed E-state index contributed by atoms with van der Waals surface area (Å²) in [4.78, 5) is 39.9. The molecule has 0 spiro atoms. The summed E-state index contributed by atoms with van der Waals surface area (Å²) >= 11 is 1.26. The van der Waals surface area contributed by atoms with Crippen LogP contribution in [-0.2, 0) is 26.6 Å². The van der Waals surface area contributed by atoms with Crippen molar-refractivity contribution in [3.8, 4) is 0 Å². The zero-order valence-electron chi connectivity index (χ0n) is 19.0. The Bertz CT molecular complexity index is 1220. The minimum absolute atomic E-state index is 0.0821. The van der Waals surface area contributed by atoms with Crippen LogP contribution in [0.15, 0.2) is 81.9 Å². The van der Waals surface area contributed by atoms with Crippen LogP contribution in [0.4, 0.5) is 17.1 Å². The molecule has 0 saturated heterocycles. The second kappa shape index (κ2) is 10.4. The average Bonchev–Trinajstić information content (AvgIpc) is 3.45. The van der Waals surface area contributed by atoms with E-state index in [1.807, 2.05) is 25.1 Å². The molecule has 2 aromatic carbocycles. The Morgan fingerprint density at radius 3 is 2.26 bits per heavy atom. The van der Waals surface area contributed by atoms with Gasteiger partial charge in [0.2, 0.25) is 5.91 Å². The Balaban J connectivity index is 1.60. The van der Waals surface area contributed by atoms with Crippen LogP contribution >= 0.6 is 11.8 Å². The lowest BCUT2D eigenvalue weighted by molar-refractivity contribution is -0.120. The molecule has 7 nitrogen and oxygen atoms in total. The molecule has 34 heavy (non-hydrogen) atoms. The second-order valence-corrected chi connectivity index (χ2v) is 8.63. The largest absolute Gasteiger partial charge is 0.468 e. The zero-order chi connectivity index (χ0) is 24.1. The molecule has 0 bridgehead atoms. The van der Waals surface area contributed by atoms with Gasteiger partial charge in [0.15, 0.2) is 0 Å². The predicted molar refractivity (Wildman–Crippen MR) is 134 cm³/mol. The summed E-state index contributed by atoms with van der Waals surface area (Å²) in [7, 11) is 0. The Kier molecular flexibility index (Phi) is 7.18. The van der Waals surface area contributed by atoms with Gasteiger partial charge in [-0.1, -0.05) is 26.0 Å². The first-order valence-electron chi connectivity index (χ1n) is 11.0. The van der Waals surface area contributed by atoms with Gasteiger partial charge in [-0.3, -0.25) is 14.4 Å². The monoisotopic (exact) mass is 475 g/mol. The second-order valence-electron chi connectivity index (χ2n) is 7.64. The molecule has 1 aromatic heterocycles. The number of furan rings is 1. The third kappa shape index (κ3) is 5.07. The van der Waals surface area contributed by atoms with E-state index in [-0.39, 0.29) is 17.5 Å². The van der Waals surface area contributed by atoms with Gasteiger partial charge in [0, 0.05) is 17.8 Å². The molecule has 0 atom stereocenters. The molecule has 0 aliphatic carbocycles. The molecule has 1 aliphatic heterocycles. The maximum Gasteiger partial charge on any atom is 0.283 e. The lowest BCUT2D eigenvalue weighted by atomic mass is 10.1. The van der Waals surface area contributed by atoms with Crippen LogP contribution in [0.5, 0.6) is 0 Å². The molecule has 0 saturated carbocycles. The Morgan fingerprint density at radius 1 is 0.941 bits per heavy atom. The van der Waals surface area contributed by atoms with E-state index < -0.39 is 5.91 Å². The third-order valence-electron chi connectivity index (χ3n) is 5.34. The number of hydrogen-bond donors (Lipinski definition) is 2. The molecule has 8 heteroatoms. The summed E-state index contributed by atoms with van der Waals surface area (Å²) in [6.45, 7) is 3.83. The number of aryl methyl sites for hydroxylation is 1. The van der Waals surface area contributed by atoms with Gasteiger partial charge in [0.1, 0.15) is 16.4 Å². The van der Waals surface area contributed by atoms with Crippen LogP contribution in [-0.4, -0.2) is 17.7 Å². The van der Waals surface area contributed by atoms with Crippen LogP contribution in [0, 0.1) is 0 Å². The number of nitrogens with one attached hydrogen (secondary N) is 2. The van der Waals surface area contributed by atoms with E-state index in [0.29, 0.717) is 39.9 Å². The van der Waals surface area contributed by atoms with Crippen LogP contribution < -0.4 is 15.5 Å². The topological polar surface area (TPSA) is 91.7 Å². The number of carbonyl (C=O) groups is 3. The number of thioether (sulfide) groups is 1. The predicted octanol–water partition coefficient (Wildman–Crippen LogP) is 5.32. The molecular weight excluding hydrogens is 450 g/mol. The maximum absolute atomic E-state index is 13.4. The number of imide groups is 1. The van der Waals surface area contributed by atoms with E-state index in [4.69, 9.17) is 4.42 Å². The Morgan fingerprint density at radius 2 is 1.65 bits per heavy atom. The first-order valence-corrected chi connectivity index (χ1v) is 12.0. The Hall–Kier alpha value is -3.78. The first-order chi connectivity index (χ1) is 16.5. The number of amides is 3. The number of nitrogens with zero attached hydrogens (tertiary/aromatic N) is 1. The normalized spacial score (nSPS) is 13.5. The minimum atomic E-state index is -0.417. The highest BCUT2D eigenvalue weighted by Gasteiger charge is 2.40. The van der Waals surface area contributed by atoms with Gasteiger partial charge < -0.3 is 15.1 Å². The highest BCUT2D eigenvalue weighted by atomic mass is 32.2. The van der Waals surface area contributed by atoms with E-state index in [0.717, 1.165) is 12.0 Å². The number of hydrogen-bond acceptors (Lipinski definition) is 6. The molecule has 3 aromatic rings. The molecular formula is C26H25N3O4S. The van der Waals surface area contributed by atoms with Gasteiger partial charge >= 0.3 is 0 Å². The van der Waals surface area contributed by atoms with Gasteiger partial charge in [-0.25, -0.2) is 4.90 Å². The van der Waals surface area contributed by atoms with E-state index in [2.05, 4.69) is 10.6 Å². The summed E-state index contributed by atoms with van der Waals surface area (Å²) in [5.41, 5.74) is 3.15. The fraction of sp³-hybridized carbons (Fsp3) is 0.192. The summed E-state index contributed by atoms with van der Waals surface area (Å²) < 4.78 is 5.39. The van der Waals surface area contributed by atoms with Crippen molar-refractivity contribution in [2.75, 3.05) is 15.5 Å².